The number of nitrogens with one attached hydrogen (secondary N) is 1. The zero-order valence-electron chi connectivity index (χ0n) is 17.0. The van der Waals surface area contributed by atoms with Gasteiger partial charge in [0.25, 0.3) is 0 Å². The zero-order chi connectivity index (χ0) is 20.9. The summed E-state index contributed by atoms with van der Waals surface area (Å²) in [6.07, 6.45) is 1.87. The number of fused-ring (bicyclic) bond motifs is 3. The normalized spacial score (nSPS) is 11.3. The number of nitrogens with zero attached hydrogens (tertiary/aromatic N) is 2. The monoisotopic (exact) mass is 401 g/mol. The molecule has 0 saturated heterocycles. The molecule has 1 aromatic heterocycles. The van der Waals surface area contributed by atoms with Gasteiger partial charge in [-0.25, -0.2) is 5.43 Å². The van der Waals surface area contributed by atoms with Gasteiger partial charge in [0.2, 0.25) is 5.91 Å². The van der Waals surface area contributed by atoms with Crippen LogP contribution < -0.4 is 14.9 Å². The fraction of sp³-hybridized carbons (Fsp3) is 0.167. The highest BCUT2D eigenvalue weighted by Crippen LogP contribution is 2.30. The minimum absolute atomic E-state index is 0.157. The van der Waals surface area contributed by atoms with Gasteiger partial charge < -0.3 is 14.0 Å². The van der Waals surface area contributed by atoms with Crippen molar-refractivity contribution in [3.05, 3.63) is 72.3 Å². The highest BCUT2D eigenvalue weighted by molar-refractivity contribution is 6.08. The van der Waals surface area contributed by atoms with E-state index < -0.39 is 0 Å². The number of ether oxygens (including phenoxy) is 2. The molecule has 1 heterocycles. The fourth-order valence-electron chi connectivity index (χ4n) is 3.70. The van der Waals surface area contributed by atoms with E-state index in [-0.39, 0.29) is 5.91 Å². The smallest absolute Gasteiger partial charge is 0.241 e. The first-order valence-corrected chi connectivity index (χ1v) is 9.72. The van der Waals surface area contributed by atoms with Crippen molar-refractivity contribution in [3.8, 4) is 11.5 Å². The molecule has 0 unspecified atom stereocenters. The molecular weight excluding hydrogens is 378 g/mol. The Balaban J connectivity index is 1.47. The maximum absolute atomic E-state index is 12.4. The molecule has 0 radical (unpaired) electrons. The molecule has 6 nitrogen and oxygen atoms in total. The summed E-state index contributed by atoms with van der Waals surface area (Å²) in [6, 6.07) is 22.0. The molecule has 0 aliphatic carbocycles. The van der Waals surface area contributed by atoms with Crippen LogP contribution in [0.4, 0.5) is 0 Å². The number of carbonyl (C=O) groups excluding carboxylic acids is 1. The molecular formula is C24H23N3O3. The molecule has 0 aliphatic heterocycles. The molecule has 152 valence electrons. The second kappa shape index (κ2) is 8.69. The number of benzene rings is 3. The zero-order valence-corrected chi connectivity index (χ0v) is 17.0. The summed E-state index contributed by atoms with van der Waals surface area (Å²) in [7, 11) is 3.15. The molecule has 3 aromatic carbocycles. The fourth-order valence-corrected chi connectivity index (χ4v) is 3.70. The lowest BCUT2D eigenvalue weighted by molar-refractivity contribution is -0.121. The molecule has 1 amide bonds. The van der Waals surface area contributed by atoms with Gasteiger partial charge in [-0.15, -0.1) is 0 Å². The molecule has 1 N–H and O–H groups in total. The summed E-state index contributed by atoms with van der Waals surface area (Å²) in [5.74, 6) is 1.03. The first-order chi connectivity index (χ1) is 14.7. The topological polar surface area (TPSA) is 64.8 Å². The molecule has 0 fully saturated rings. The van der Waals surface area contributed by atoms with Crippen LogP contribution >= 0.6 is 0 Å². The number of hydrazone groups is 1. The Kier molecular flexibility index (Phi) is 5.66. The van der Waals surface area contributed by atoms with Crippen molar-refractivity contribution in [3.63, 3.8) is 0 Å². The Morgan fingerprint density at radius 1 is 0.933 bits per heavy atom. The maximum atomic E-state index is 12.4. The van der Waals surface area contributed by atoms with Crippen molar-refractivity contribution in [2.45, 2.75) is 13.0 Å². The molecule has 0 bridgehead atoms. The third-order valence-corrected chi connectivity index (χ3v) is 5.07. The lowest BCUT2D eigenvalue weighted by Crippen LogP contribution is -2.19. The van der Waals surface area contributed by atoms with Gasteiger partial charge >= 0.3 is 0 Å². The first kappa shape index (κ1) is 19.5. The van der Waals surface area contributed by atoms with E-state index >= 15 is 0 Å². The van der Waals surface area contributed by atoms with E-state index in [1.165, 1.54) is 10.8 Å². The predicted molar refractivity (Wildman–Crippen MR) is 119 cm³/mol. The van der Waals surface area contributed by atoms with Gasteiger partial charge in [0.15, 0.2) is 11.5 Å². The predicted octanol–water partition coefficient (Wildman–Crippen LogP) is 4.35. The van der Waals surface area contributed by atoms with Gasteiger partial charge in [-0.1, -0.05) is 42.5 Å². The molecule has 4 rings (SSSR count). The Morgan fingerprint density at radius 3 is 2.23 bits per heavy atom. The van der Waals surface area contributed by atoms with Gasteiger partial charge in [-0.3, -0.25) is 4.79 Å². The molecule has 6 heteroatoms. The minimum atomic E-state index is -0.157. The van der Waals surface area contributed by atoms with Crippen LogP contribution in [0.25, 0.3) is 21.8 Å². The lowest BCUT2D eigenvalue weighted by Gasteiger charge is -2.09. The van der Waals surface area contributed by atoms with Crippen molar-refractivity contribution < 1.29 is 14.3 Å². The third-order valence-electron chi connectivity index (χ3n) is 5.07. The van der Waals surface area contributed by atoms with Crippen LogP contribution in [0.1, 0.15) is 12.0 Å². The number of hydrogen-bond donors (Lipinski definition) is 1. The average molecular weight is 401 g/mol. The van der Waals surface area contributed by atoms with Gasteiger partial charge in [-0.05, 0) is 24.3 Å². The second-order valence-electron chi connectivity index (χ2n) is 6.81. The Bertz CT molecular complexity index is 1170. The van der Waals surface area contributed by atoms with Gasteiger partial charge in [0, 0.05) is 40.3 Å². The summed E-state index contributed by atoms with van der Waals surface area (Å²) in [4.78, 5) is 12.4. The number of hydrogen-bond acceptors (Lipinski definition) is 4. The van der Waals surface area contributed by atoms with Gasteiger partial charge in [-0.2, -0.15) is 5.10 Å². The van der Waals surface area contributed by atoms with Crippen molar-refractivity contribution in [1.29, 1.82) is 0 Å². The Morgan fingerprint density at radius 2 is 1.60 bits per heavy atom. The van der Waals surface area contributed by atoms with Crippen LogP contribution in [-0.4, -0.2) is 30.9 Å². The summed E-state index contributed by atoms with van der Waals surface area (Å²) in [5, 5.41) is 6.46. The maximum Gasteiger partial charge on any atom is 0.241 e. The van der Waals surface area contributed by atoms with E-state index in [0.29, 0.717) is 24.5 Å². The van der Waals surface area contributed by atoms with E-state index in [4.69, 9.17) is 9.47 Å². The van der Waals surface area contributed by atoms with E-state index in [1.54, 1.807) is 26.5 Å². The number of methoxy groups -OCH3 is 2. The second-order valence-corrected chi connectivity index (χ2v) is 6.81. The lowest BCUT2D eigenvalue weighted by atomic mass is 10.2. The minimum Gasteiger partial charge on any atom is -0.493 e. The summed E-state index contributed by atoms with van der Waals surface area (Å²) in [5.41, 5.74) is 5.56. The Hall–Kier alpha value is -3.80. The SMILES string of the molecule is COc1cccc(/C=N/NC(=O)CCn2c3ccccc3c3ccccc32)c1OC. The molecule has 0 aliphatic rings. The van der Waals surface area contributed by atoms with Gasteiger partial charge in [0.05, 0.1) is 20.4 Å². The van der Waals surface area contributed by atoms with Crippen molar-refractivity contribution >= 4 is 33.9 Å². The summed E-state index contributed by atoms with van der Waals surface area (Å²) >= 11 is 0. The molecule has 0 spiro atoms. The van der Waals surface area contributed by atoms with Crippen molar-refractivity contribution in [2.24, 2.45) is 5.10 Å². The van der Waals surface area contributed by atoms with Gasteiger partial charge in [0.1, 0.15) is 0 Å². The largest absolute Gasteiger partial charge is 0.493 e. The molecule has 30 heavy (non-hydrogen) atoms. The van der Waals surface area contributed by atoms with Crippen LogP contribution in [0.2, 0.25) is 0 Å². The van der Waals surface area contributed by atoms with E-state index in [0.717, 1.165) is 16.6 Å². The number of aromatic nitrogens is 1. The summed E-state index contributed by atoms with van der Waals surface area (Å²) < 4.78 is 12.8. The van der Waals surface area contributed by atoms with Crippen LogP contribution in [0.15, 0.2) is 71.8 Å². The molecule has 0 atom stereocenters. The first-order valence-electron chi connectivity index (χ1n) is 9.72. The van der Waals surface area contributed by atoms with Crippen LogP contribution in [0.5, 0.6) is 11.5 Å². The Labute approximate surface area is 174 Å². The number of aryl methyl sites for hydroxylation is 1. The third kappa shape index (κ3) is 3.72. The van der Waals surface area contributed by atoms with Crippen molar-refractivity contribution in [2.75, 3.05) is 14.2 Å². The van der Waals surface area contributed by atoms with Crippen molar-refractivity contribution in [1.82, 2.24) is 9.99 Å². The average Bonchev–Trinajstić information content (AvgIpc) is 3.11. The van der Waals surface area contributed by atoms with Crippen LogP contribution in [0, 0.1) is 0 Å². The van der Waals surface area contributed by atoms with E-state index in [1.807, 2.05) is 36.4 Å². The highest BCUT2D eigenvalue weighted by atomic mass is 16.5. The standard InChI is InChI=1S/C24H23N3O3/c1-29-22-13-7-8-17(24(22)30-2)16-25-26-23(28)14-15-27-20-11-5-3-9-18(20)19-10-4-6-12-21(19)27/h3-13,16H,14-15H2,1-2H3,(H,26,28)/b25-16+. The van der Waals surface area contributed by atoms with E-state index in [2.05, 4.69) is 39.4 Å². The quantitative estimate of drug-likeness (QED) is 0.370. The highest BCUT2D eigenvalue weighted by Gasteiger charge is 2.11. The van der Waals surface area contributed by atoms with E-state index in [9.17, 15) is 4.79 Å². The number of rotatable bonds is 7. The van der Waals surface area contributed by atoms with Crippen LogP contribution in [-0.2, 0) is 11.3 Å². The number of carbonyl (C=O) groups is 1. The molecule has 0 saturated carbocycles. The molecule has 4 aromatic rings. The van der Waals surface area contributed by atoms with Crippen LogP contribution in [0.3, 0.4) is 0 Å². The number of amides is 1. The summed E-state index contributed by atoms with van der Waals surface area (Å²) in [6.45, 7) is 0.567. The number of para-hydroxylation sites is 3.